The number of carbonyl (C=O) groups excluding carboxylic acids is 1. The van der Waals surface area contributed by atoms with Crippen molar-refractivity contribution in [1.29, 1.82) is 0 Å². The molecule has 1 fully saturated rings. The molecule has 0 unspecified atom stereocenters. The lowest BCUT2D eigenvalue weighted by Crippen LogP contribution is -2.36. The first-order valence-electron chi connectivity index (χ1n) is 8.09. The van der Waals surface area contributed by atoms with E-state index in [4.69, 9.17) is 4.74 Å². The number of nitrogens with one attached hydrogen (secondary N) is 1. The molecule has 0 bridgehead atoms. The van der Waals surface area contributed by atoms with Crippen LogP contribution in [0.25, 0.3) is 0 Å². The van der Waals surface area contributed by atoms with Crippen LogP contribution in [0.2, 0.25) is 0 Å². The highest BCUT2D eigenvalue weighted by molar-refractivity contribution is 9.10. The molecule has 1 heterocycles. The maximum Gasteiger partial charge on any atom is 0.228 e. The smallest absolute Gasteiger partial charge is 0.228 e. The molecule has 1 aliphatic rings. The lowest BCUT2D eigenvalue weighted by molar-refractivity contribution is -0.115. The molecule has 1 N–H and O–H groups in total. The van der Waals surface area contributed by atoms with Gasteiger partial charge in [-0.2, -0.15) is 0 Å². The molecule has 2 aromatic rings. The van der Waals surface area contributed by atoms with E-state index in [1.54, 1.807) is 0 Å². The van der Waals surface area contributed by atoms with Crippen LogP contribution in [0.3, 0.4) is 0 Å². The Bertz CT molecular complexity index is 710. The zero-order valence-corrected chi connectivity index (χ0v) is 15.3. The van der Waals surface area contributed by atoms with Gasteiger partial charge in [-0.3, -0.25) is 4.79 Å². The molecule has 0 spiro atoms. The zero-order valence-electron chi connectivity index (χ0n) is 13.7. The van der Waals surface area contributed by atoms with Gasteiger partial charge >= 0.3 is 0 Å². The number of ether oxygens (including phenoxy) is 1. The van der Waals surface area contributed by atoms with E-state index in [0.29, 0.717) is 19.6 Å². The number of carbonyl (C=O) groups is 1. The third kappa shape index (κ3) is 4.36. The summed E-state index contributed by atoms with van der Waals surface area (Å²) in [5.41, 5.74) is 4.09. The summed E-state index contributed by atoms with van der Waals surface area (Å²) >= 11 is 3.49. The van der Waals surface area contributed by atoms with E-state index in [-0.39, 0.29) is 5.91 Å². The van der Waals surface area contributed by atoms with E-state index in [1.165, 1.54) is 5.56 Å². The second-order valence-corrected chi connectivity index (χ2v) is 6.89. The van der Waals surface area contributed by atoms with Crippen LogP contribution in [-0.4, -0.2) is 32.2 Å². The molecule has 0 aromatic heterocycles. The third-order valence-corrected chi connectivity index (χ3v) is 4.56. The topological polar surface area (TPSA) is 41.6 Å². The van der Waals surface area contributed by atoms with E-state index in [1.807, 2.05) is 49.4 Å². The summed E-state index contributed by atoms with van der Waals surface area (Å²) in [6, 6.07) is 14.0. The number of benzene rings is 2. The molecule has 3 rings (SSSR count). The van der Waals surface area contributed by atoms with Gasteiger partial charge in [0.1, 0.15) is 0 Å². The van der Waals surface area contributed by atoms with Crippen LogP contribution < -0.4 is 10.2 Å². The summed E-state index contributed by atoms with van der Waals surface area (Å²) in [6.45, 7) is 5.14. The molecule has 0 atom stereocenters. The SMILES string of the molecule is Cc1ccc(CC(=O)Nc2cc(Br)ccc2N2CCOCC2)cc1. The van der Waals surface area contributed by atoms with Crippen molar-refractivity contribution in [3.8, 4) is 0 Å². The Labute approximate surface area is 150 Å². The van der Waals surface area contributed by atoms with E-state index >= 15 is 0 Å². The van der Waals surface area contributed by atoms with Crippen molar-refractivity contribution in [2.24, 2.45) is 0 Å². The van der Waals surface area contributed by atoms with E-state index < -0.39 is 0 Å². The predicted octanol–water partition coefficient (Wildman–Crippen LogP) is 3.78. The van der Waals surface area contributed by atoms with Crippen LogP contribution >= 0.6 is 15.9 Å². The van der Waals surface area contributed by atoms with Gasteiger partial charge in [0.15, 0.2) is 0 Å². The van der Waals surface area contributed by atoms with Gasteiger partial charge in [-0.25, -0.2) is 0 Å². The summed E-state index contributed by atoms with van der Waals surface area (Å²) in [6.07, 6.45) is 0.370. The summed E-state index contributed by atoms with van der Waals surface area (Å²) in [4.78, 5) is 14.7. The van der Waals surface area contributed by atoms with E-state index in [0.717, 1.165) is 34.5 Å². The number of hydrogen-bond donors (Lipinski definition) is 1. The average molecular weight is 389 g/mol. The van der Waals surface area contributed by atoms with Gasteiger partial charge < -0.3 is 15.0 Å². The van der Waals surface area contributed by atoms with Crippen LogP contribution in [0.5, 0.6) is 0 Å². The Balaban J connectivity index is 1.74. The molecular weight excluding hydrogens is 368 g/mol. The molecule has 2 aromatic carbocycles. The lowest BCUT2D eigenvalue weighted by Gasteiger charge is -2.30. The Morgan fingerprint density at radius 2 is 1.88 bits per heavy atom. The van der Waals surface area contributed by atoms with Crippen LogP contribution in [0.15, 0.2) is 46.9 Å². The molecule has 1 aliphatic heterocycles. The summed E-state index contributed by atoms with van der Waals surface area (Å²) in [5, 5.41) is 3.06. The second-order valence-electron chi connectivity index (χ2n) is 5.97. The van der Waals surface area contributed by atoms with Crippen molar-refractivity contribution in [3.05, 3.63) is 58.1 Å². The van der Waals surface area contributed by atoms with Crippen LogP contribution in [-0.2, 0) is 16.0 Å². The van der Waals surface area contributed by atoms with Gasteiger partial charge in [-0.05, 0) is 30.7 Å². The van der Waals surface area contributed by atoms with E-state index in [2.05, 4.69) is 26.1 Å². The average Bonchev–Trinajstić information content (AvgIpc) is 2.58. The second kappa shape index (κ2) is 7.81. The largest absolute Gasteiger partial charge is 0.378 e. The van der Waals surface area contributed by atoms with Gasteiger partial charge in [0.25, 0.3) is 0 Å². The Morgan fingerprint density at radius 1 is 1.17 bits per heavy atom. The monoisotopic (exact) mass is 388 g/mol. The van der Waals surface area contributed by atoms with Crippen molar-refractivity contribution < 1.29 is 9.53 Å². The minimum absolute atomic E-state index is 0.00791. The fourth-order valence-electron chi connectivity index (χ4n) is 2.77. The molecule has 0 radical (unpaired) electrons. The molecule has 1 saturated heterocycles. The van der Waals surface area contributed by atoms with Crippen molar-refractivity contribution >= 4 is 33.2 Å². The summed E-state index contributed by atoms with van der Waals surface area (Å²) in [7, 11) is 0. The van der Waals surface area contributed by atoms with Crippen LogP contribution in [0, 0.1) is 6.92 Å². The van der Waals surface area contributed by atoms with Crippen molar-refractivity contribution in [2.45, 2.75) is 13.3 Å². The lowest BCUT2D eigenvalue weighted by atomic mass is 10.1. The summed E-state index contributed by atoms with van der Waals surface area (Å²) < 4.78 is 6.37. The highest BCUT2D eigenvalue weighted by Gasteiger charge is 2.16. The molecule has 5 heteroatoms. The van der Waals surface area contributed by atoms with Crippen molar-refractivity contribution in [2.75, 3.05) is 36.5 Å². The minimum atomic E-state index is -0.00791. The number of halogens is 1. The fraction of sp³-hybridized carbons (Fsp3) is 0.316. The quantitative estimate of drug-likeness (QED) is 0.866. The normalized spacial score (nSPS) is 14.5. The fourth-order valence-corrected chi connectivity index (χ4v) is 3.14. The zero-order chi connectivity index (χ0) is 16.9. The Hall–Kier alpha value is -1.85. The number of rotatable bonds is 4. The van der Waals surface area contributed by atoms with E-state index in [9.17, 15) is 4.79 Å². The predicted molar refractivity (Wildman–Crippen MR) is 101 cm³/mol. The van der Waals surface area contributed by atoms with Crippen LogP contribution in [0.1, 0.15) is 11.1 Å². The molecule has 126 valence electrons. The number of aryl methyl sites for hydroxylation is 1. The maximum absolute atomic E-state index is 12.4. The van der Waals surface area contributed by atoms with Crippen LogP contribution in [0.4, 0.5) is 11.4 Å². The highest BCUT2D eigenvalue weighted by atomic mass is 79.9. The maximum atomic E-state index is 12.4. The number of morpholine rings is 1. The van der Waals surface area contributed by atoms with Crippen molar-refractivity contribution in [1.82, 2.24) is 0 Å². The molecule has 0 saturated carbocycles. The Morgan fingerprint density at radius 3 is 2.58 bits per heavy atom. The van der Waals surface area contributed by atoms with Gasteiger partial charge in [0.2, 0.25) is 5.91 Å². The van der Waals surface area contributed by atoms with Gasteiger partial charge in [-0.1, -0.05) is 45.8 Å². The molecule has 4 nitrogen and oxygen atoms in total. The first-order valence-corrected chi connectivity index (χ1v) is 8.89. The Kier molecular flexibility index (Phi) is 5.53. The van der Waals surface area contributed by atoms with Gasteiger partial charge in [0.05, 0.1) is 31.0 Å². The highest BCUT2D eigenvalue weighted by Crippen LogP contribution is 2.30. The number of anilines is 2. The first kappa shape index (κ1) is 17.0. The number of hydrogen-bond acceptors (Lipinski definition) is 3. The van der Waals surface area contributed by atoms with Gasteiger partial charge in [-0.15, -0.1) is 0 Å². The first-order chi connectivity index (χ1) is 11.6. The minimum Gasteiger partial charge on any atom is -0.378 e. The number of nitrogens with zero attached hydrogens (tertiary/aromatic N) is 1. The van der Waals surface area contributed by atoms with Crippen molar-refractivity contribution in [3.63, 3.8) is 0 Å². The number of amides is 1. The molecular formula is C19H21BrN2O2. The molecule has 0 aliphatic carbocycles. The molecule has 1 amide bonds. The molecule has 24 heavy (non-hydrogen) atoms. The standard InChI is InChI=1S/C19H21BrN2O2/c1-14-2-4-15(5-3-14)12-19(23)21-17-13-16(20)6-7-18(17)22-8-10-24-11-9-22/h2-7,13H,8-12H2,1H3,(H,21,23). The third-order valence-electron chi connectivity index (χ3n) is 4.07. The summed E-state index contributed by atoms with van der Waals surface area (Å²) in [5.74, 6) is -0.00791. The van der Waals surface area contributed by atoms with Gasteiger partial charge in [0, 0.05) is 17.6 Å².